The van der Waals surface area contributed by atoms with Crippen molar-refractivity contribution < 1.29 is 35.3 Å². The normalized spacial score (nSPS) is 12.8. The Morgan fingerprint density at radius 3 is 1.49 bits per heavy atom. The van der Waals surface area contributed by atoms with Gasteiger partial charge < -0.3 is 4.74 Å². The SMILES string of the molecule is CCCCCCCCCCC(CCCCCCCC)COc1c(F)c(F)c(F)c(F)c1S(=O)(=O)O. The van der Waals surface area contributed by atoms with Crippen LogP contribution in [0, 0.1) is 29.2 Å². The van der Waals surface area contributed by atoms with E-state index in [-0.39, 0.29) is 12.5 Å². The minimum atomic E-state index is -5.38. The molecule has 204 valence electrons. The highest BCUT2D eigenvalue weighted by atomic mass is 32.2. The molecule has 0 radical (unpaired) electrons. The summed E-state index contributed by atoms with van der Waals surface area (Å²) < 4.78 is 93.3. The zero-order valence-corrected chi connectivity index (χ0v) is 22.0. The molecule has 0 aliphatic carbocycles. The van der Waals surface area contributed by atoms with Gasteiger partial charge in [-0.25, -0.2) is 13.2 Å². The van der Waals surface area contributed by atoms with Gasteiger partial charge in [0.1, 0.15) is 0 Å². The van der Waals surface area contributed by atoms with Crippen LogP contribution in [-0.2, 0) is 10.1 Å². The molecule has 1 N–H and O–H groups in total. The summed E-state index contributed by atoms with van der Waals surface area (Å²) in [7, 11) is -5.38. The fraction of sp³-hybridized carbons (Fsp3) is 0.769. The predicted octanol–water partition coefficient (Wildman–Crippen LogP) is 8.77. The van der Waals surface area contributed by atoms with Crippen LogP contribution in [0.2, 0.25) is 0 Å². The number of unbranched alkanes of at least 4 members (excludes halogenated alkanes) is 12. The van der Waals surface area contributed by atoms with Gasteiger partial charge >= 0.3 is 10.1 Å². The van der Waals surface area contributed by atoms with E-state index < -0.39 is 44.0 Å². The van der Waals surface area contributed by atoms with Crippen molar-refractivity contribution in [1.82, 2.24) is 0 Å². The summed E-state index contributed by atoms with van der Waals surface area (Å²) in [5, 5.41) is 0. The van der Waals surface area contributed by atoms with Crippen molar-refractivity contribution in [3.63, 3.8) is 0 Å². The summed E-state index contributed by atoms with van der Waals surface area (Å²) >= 11 is 0. The van der Waals surface area contributed by atoms with Crippen molar-refractivity contribution in [2.24, 2.45) is 5.92 Å². The van der Waals surface area contributed by atoms with Crippen molar-refractivity contribution in [3.8, 4) is 5.75 Å². The molecule has 1 unspecified atom stereocenters. The Hall–Kier alpha value is -1.35. The molecule has 0 aliphatic rings. The van der Waals surface area contributed by atoms with Gasteiger partial charge in [0.15, 0.2) is 22.3 Å². The number of hydrogen-bond donors (Lipinski definition) is 1. The summed E-state index contributed by atoms with van der Waals surface area (Å²) in [6, 6.07) is 0. The van der Waals surface area contributed by atoms with E-state index in [1.807, 2.05) is 0 Å². The Bertz CT molecular complexity index is 846. The predicted molar refractivity (Wildman–Crippen MR) is 130 cm³/mol. The first kappa shape index (κ1) is 31.7. The Labute approximate surface area is 208 Å². The maximum absolute atomic E-state index is 14.3. The molecule has 0 aliphatic heterocycles. The molecule has 0 bridgehead atoms. The molecule has 4 nitrogen and oxygen atoms in total. The van der Waals surface area contributed by atoms with Gasteiger partial charge in [-0.3, -0.25) is 4.55 Å². The summed E-state index contributed by atoms with van der Waals surface area (Å²) in [6.07, 6.45) is 17.0. The molecule has 0 heterocycles. The highest BCUT2D eigenvalue weighted by Gasteiger charge is 2.33. The van der Waals surface area contributed by atoms with Gasteiger partial charge in [0.25, 0.3) is 0 Å². The lowest BCUT2D eigenvalue weighted by Crippen LogP contribution is -2.17. The van der Waals surface area contributed by atoms with Gasteiger partial charge in [-0.1, -0.05) is 104 Å². The van der Waals surface area contributed by atoms with Crippen molar-refractivity contribution in [2.45, 2.75) is 121 Å². The van der Waals surface area contributed by atoms with Gasteiger partial charge in [-0.15, -0.1) is 0 Å². The lowest BCUT2D eigenvalue weighted by atomic mass is 9.94. The van der Waals surface area contributed by atoms with Crippen molar-refractivity contribution in [1.29, 1.82) is 0 Å². The average Bonchev–Trinajstić information content (AvgIpc) is 2.81. The molecule has 35 heavy (non-hydrogen) atoms. The molecular weight excluding hydrogens is 484 g/mol. The molecule has 0 fully saturated rings. The number of hydrogen-bond acceptors (Lipinski definition) is 3. The third-order valence-electron chi connectivity index (χ3n) is 6.34. The van der Waals surface area contributed by atoms with E-state index in [1.54, 1.807) is 0 Å². The second kappa shape index (κ2) is 17.2. The van der Waals surface area contributed by atoms with Gasteiger partial charge in [-0.05, 0) is 18.8 Å². The van der Waals surface area contributed by atoms with Crippen molar-refractivity contribution >= 4 is 10.1 Å². The summed E-state index contributed by atoms with van der Waals surface area (Å²) in [5.41, 5.74) is 0. The first-order valence-corrected chi connectivity index (χ1v) is 14.5. The van der Waals surface area contributed by atoms with E-state index in [0.717, 1.165) is 70.6 Å². The Kier molecular flexibility index (Phi) is 15.5. The maximum Gasteiger partial charge on any atom is 0.301 e. The number of ether oxygens (including phenoxy) is 1. The standard InChI is InChI=1S/C26H42F4O4S/c1-3-5-7-9-11-12-14-16-18-20(17-15-13-10-8-6-4-2)19-34-25-23(29)21(27)22(28)24(30)26(25)35(31,32)33/h20H,3-19H2,1-2H3,(H,31,32,33). The van der Waals surface area contributed by atoms with Crippen molar-refractivity contribution in [2.75, 3.05) is 6.61 Å². The zero-order valence-electron chi connectivity index (χ0n) is 21.2. The number of halogens is 4. The molecule has 1 atom stereocenters. The molecule has 9 heteroatoms. The first-order chi connectivity index (χ1) is 16.6. The quantitative estimate of drug-likeness (QED) is 0.0606. The summed E-state index contributed by atoms with van der Waals surface area (Å²) in [5.74, 6) is -10.1. The smallest absolute Gasteiger partial charge is 0.301 e. The van der Waals surface area contributed by atoms with Gasteiger partial charge in [0.2, 0.25) is 11.6 Å². The van der Waals surface area contributed by atoms with Crippen LogP contribution in [-0.4, -0.2) is 19.6 Å². The van der Waals surface area contributed by atoms with Crippen LogP contribution in [0.1, 0.15) is 117 Å². The van der Waals surface area contributed by atoms with Crippen LogP contribution in [0.4, 0.5) is 17.6 Å². The third-order valence-corrected chi connectivity index (χ3v) is 7.22. The van der Waals surface area contributed by atoms with Gasteiger partial charge in [0.05, 0.1) is 6.61 Å². The number of benzene rings is 1. The minimum Gasteiger partial charge on any atom is -0.489 e. The maximum atomic E-state index is 14.3. The highest BCUT2D eigenvalue weighted by molar-refractivity contribution is 7.86. The van der Waals surface area contributed by atoms with Gasteiger partial charge in [0, 0.05) is 0 Å². The number of rotatable bonds is 20. The summed E-state index contributed by atoms with van der Waals surface area (Å²) in [4.78, 5) is -1.71. The summed E-state index contributed by atoms with van der Waals surface area (Å²) in [6.45, 7) is 4.12. The molecule has 0 amide bonds. The Morgan fingerprint density at radius 2 is 1.06 bits per heavy atom. The molecule has 0 aromatic heterocycles. The Balaban J connectivity index is 2.79. The molecule has 1 rings (SSSR count). The van der Waals surface area contributed by atoms with Crippen molar-refractivity contribution in [3.05, 3.63) is 23.3 Å². The second-order valence-corrected chi connectivity index (χ2v) is 10.7. The third kappa shape index (κ3) is 11.5. The van der Waals surface area contributed by atoms with Crippen LogP contribution in [0.15, 0.2) is 4.90 Å². The van der Waals surface area contributed by atoms with Crippen LogP contribution < -0.4 is 4.74 Å². The molecule has 0 saturated heterocycles. The van der Waals surface area contributed by atoms with E-state index in [0.29, 0.717) is 0 Å². The van der Waals surface area contributed by atoms with Gasteiger partial charge in [-0.2, -0.15) is 12.8 Å². The lowest BCUT2D eigenvalue weighted by molar-refractivity contribution is 0.204. The van der Waals surface area contributed by atoms with Crippen LogP contribution >= 0.6 is 0 Å². The lowest BCUT2D eigenvalue weighted by Gasteiger charge is -2.19. The van der Waals surface area contributed by atoms with Crippen LogP contribution in [0.3, 0.4) is 0 Å². The molecule has 1 aromatic carbocycles. The average molecular weight is 527 g/mol. The van der Waals surface area contributed by atoms with E-state index >= 15 is 0 Å². The van der Waals surface area contributed by atoms with E-state index in [2.05, 4.69) is 13.8 Å². The van der Waals surface area contributed by atoms with Crippen LogP contribution in [0.25, 0.3) is 0 Å². The fourth-order valence-electron chi connectivity index (χ4n) is 4.24. The zero-order chi connectivity index (χ0) is 26.3. The fourth-order valence-corrected chi connectivity index (χ4v) is 4.94. The Morgan fingerprint density at radius 1 is 0.657 bits per heavy atom. The van der Waals surface area contributed by atoms with E-state index in [9.17, 15) is 30.5 Å². The van der Waals surface area contributed by atoms with E-state index in [4.69, 9.17) is 4.74 Å². The topological polar surface area (TPSA) is 63.6 Å². The highest BCUT2D eigenvalue weighted by Crippen LogP contribution is 2.34. The second-order valence-electron chi connectivity index (χ2n) is 9.39. The monoisotopic (exact) mass is 526 g/mol. The molecule has 0 spiro atoms. The molecular formula is C26H42F4O4S. The first-order valence-electron chi connectivity index (χ1n) is 13.1. The minimum absolute atomic E-state index is 0.0916. The molecule has 0 saturated carbocycles. The molecule has 1 aromatic rings. The van der Waals surface area contributed by atoms with E-state index in [1.165, 1.54) is 32.1 Å². The van der Waals surface area contributed by atoms with Crippen LogP contribution in [0.5, 0.6) is 5.75 Å². The largest absolute Gasteiger partial charge is 0.489 e.